The second-order valence-electron chi connectivity index (χ2n) is 7.44. The van der Waals surface area contributed by atoms with Gasteiger partial charge in [0.05, 0.1) is 0 Å². The second kappa shape index (κ2) is 12.8. The monoisotopic (exact) mass is 424 g/mol. The minimum atomic E-state index is -0.644. The van der Waals surface area contributed by atoms with Crippen LogP contribution in [0.25, 0.3) is 0 Å². The van der Waals surface area contributed by atoms with Crippen molar-refractivity contribution in [1.29, 1.82) is 0 Å². The highest BCUT2D eigenvalue weighted by Crippen LogP contribution is 2.21. The molecule has 27 heavy (non-hydrogen) atoms. The quantitative estimate of drug-likeness (QED) is 0.491. The van der Waals surface area contributed by atoms with E-state index in [1.54, 1.807) is 0 Å². The van der Waals surface area contributed by atoms with Crippen molar-refractivity contribution in [3.8, 4) is 0 Å². The van der Waals surface area contributed by atoms with Crippen molar-refractivity contribution in [2.24, 2.45) is 0 Å². The van der Waals surface area contributed by atoms with E-state index in [4.69, 9.17) is 4.74 Å². The topological polar surface area (TPSA) is 73.9 Å². The number of piperazine rings is 1. The predicted molar refractivity (Wildman–Crippen MR) is 109 cm³/mol. The summed E-state index contributed by atoms with van der Waals surface area (Å²) in [4.78, 5) is 28.2. The molecule has 0 aromatic heterocycles. The third-order valence-electron chi connectivity index (χ3n) is 5.82. The molecule has 0 aromatic carbocycles. The smallest absolute Gasteiger partial charge is 0.344 e. The summed E-state index contributed by atoms with van der Waals surface area (Å²) in [5, 5.41) is 6.08. The number of nitrogens with one attached hydrogen (secondary N) is 2. The highest BCUT2D eigenvalue weighted by molar-refractivity contribution is 5.85. The molecule has 3 fully saturated rings. The van der Waals surface area contributed by atoms with E-state index in [-0.39, 0.29) is 36.9 Å². The minimum Gasteiger partial charge on any atom is -0.460 e. The van der Waals surface area contributed by atoms with Crippen molar-refractivity contribution in [3.63, 3.8) is 0 Å². The van der Waals surface area contributed by atoms with E-state index >= 15 is 0 Å². The van der Waals surface area contributed by atoms with Crippen molar-refractivity contribution < 1.29 is 14.3 Å². The molecule has 0 spiro atoms. The van der Waals surface area contributed by atoms with Crippen LogP contribution in [-0.2, 0) is 14.3 Å². The Labute approximate surface area is 174 Å². The summed E-state index contributed by atoms with van der Waals surface area (Å²) in [6.07, 6.45) is 7.75. The van der Waals surface area contributed by atoms with E-state index in [2.05, 4.69) is 20.4 Å². The number of ether oxygens (including phenoxy) is 1. The third kappa shape index (κ3) is 7.06. The van der Waals surface area contributed by atoms with Gasteiger partial charge in [0.15, 0.2) is 6.17 Å². The van der Waals surface area contributed by atoms with Gasteiger partial charge < -0.3 is 15.4 Å². The van der Waals surface area contributed by atoms with Crippen LogP contribution in [-0.4, -0.2) is 79.8 Å². The molecule has 1 unspecified atom stereocenters. The summed E-state index contributed by atoms with van der Waals surface area (Å²) >= 11 is 0. The highest BCUT2D eigenvalue weighted by atomic mass is 35.5. The van der Waals surface area contributed by atoms with Crippen LogP contribution < -0.4 is 10.6 Å². The lowest BCUT2D eigenvalue weighted by atomic mass is 9.98. The van der Waals surface area contributed by atoms with E-state index in [0.29, 0.717) is 12.5 Å². The number of esters is 1. The van der Waals surface area contributed by atoms with Gasteiger partial charge in [-0.1, -0.05) is 6.42 Å². The predicted octanol–water partition coefficient (Wildman–Crippen LogP) is 1.15. The van der Waals surface area contributed by atoms with Gasteiger partial charge in [0.2, 0.25) is 6.41 Å². The molecule has 3 rings (SSSR count). The van der Waals surface area contributed by atoms with Gasteiger partial charge >= 0.3 is 5.97 Å². The number of rotatable bonds is 6. The molecule has 158 valence electrons. The summed E-state index contributed by atoms with van der Waals surface area (Å²) in [5.41, 5.74) is 0. The minimum absolute atomic E-state index is 0. The molecule has 0 aromatic rings. The zero-order valence-electron chi connectivity index (χ0n) is 15.9. The maximum absolute atomic E-state index is 12.6. The summed E-state index contributed by atoms with van der Waals surface area (Å²) in [6.45, 7) is 5.64. The number of hydrogen-bond acceptors (Lipinski definition) is 6. The molecule has 1 atom stereocenters. The number of piperidine rings is 1. The number of carbonyl (C=O) groups is 2. The highest BCUT2D eigenvalue weighted by Gasteiger charge is 2.33. The van der Waals surface area contributed by atoms with E-state index in [9.17, 15) is 9.59 Å². The standard InChI is InChI=1S/C18H32N4O3.2ClH/c23-14-20-17(18(24)25-16-4-2-1-3-5-16)22-12-10-21(11-13-22)15-6-8-19-9-7-15;;/h14-17,19H,1-13H2,(H,20,23);2*1H. The van der Waals surface area contributed by atoms with Crippen LogP contribution in [0.1, 0.15) is 44.9 Å². The molecule has 2 saturated heterocycles. The van der Waals surface area contributed by atoms with E-state index < -0.39 is 6.17 Å². The Bertz CT molecular complexity index is 438. The molecular weight excluding hydrogens is 391 g/mol. The summed E-state index contributed by atoms with van der Waals surface area (Å²) < 4.78 is 5.68. The molecule has 2 aliphatic heterocycles. The first kappa shape index (κ1) is 24.4. The number of halogens is 2. The molecule has 1 amide bonds. The first-order valence-electron chi connectivity index (χ1n) is 9.87. The average Bonchev–Trinajstić information content (AvgIpc) is 2.68. The van der Waals surface area contributed by atoms with Gasteiger partial charge in [0.25, 0.3) is 0 Å². The van der Waals surface area contributed by atoms with Crippen LogP contribution in [0.15, 0.2) is 0 Å². The molecule has 1 saturated carbocycles. The number of amides is 1. The average molecular weight is 425 g/mol. The zero-order chi connectivity index (χ0) is 17.5. The summed E-state index contributed by atoms with van der Waals surface area (Å²) in [7, 11) is 0. The van der Waals surface area contributed by atoms with Crippen molar-refractivity contribution in [1.82, 2.24) is 20.4 Å². The van der Waals surface area contributed by atoms with Crippen LogP contribution in [0.4, 0.5) is 0 Å². The fourth-order valence-electron chi connectivity index (χ4n) is 4.33. The Hall–Kier alpha value is -0.600. The molecule has 0 radical (unpaired) electrons. The molecule has 2 N–H and O–H groups in total. The second-order valence-corrected chi connectivity index (χ2v) is 7.44. The Balaban J connectivity index is 0.00000182. The molecular formula is C18H34Cl2N4O3. The number of hydrogen-bond donors (Lipinski definition) is 2. The van der Waals surface area contributed by atoms with Crippen LogP contribution in [0.5, 0.6) is 0 Å². The van der Waals surface area contributed by atoms with Gasteiger partial charge in [-0.15, -0.1) is 24.8 Å². The van der Waals surface area contributed by atoms with E-state index in [1.807, 2.05) is 0 Å². The number of carbonyl (C=O) groups excluding carboxylic acids is 2. The lowest BCUT2D eigenvalue weighted by Crippen LogP contribution is -2.60. The lowest BCUT2D eigenvalue weighted by molar-refractivity contribution is -0.160. The molecule has 0 bridgehead atoms. The maximum atomic E-state index is 12.6. The SMILES string of the molecule is Cl.Cl.O=CNC(C(=O)OC1CCCCC1)N1CCN(C2CCNCC2)CC1. The first-order valence-corrected chi connectivity index (χ1v) is 9.87. The van der Waals surface area contributed by atoms with Crippen molar-refractivity contribution >= 4 is 37.2 Å². The van der Waals surface area contributed by atoms with Crippen LogP contribution in [0, 0.1) is 0 Å². The Morgan fingerprint density at radius 3 is 2.22 bits per heavy atom. The maximum Gasteiger partial charge on any atom is 0.344 e. The zero-order valence-corrected chi connectivity index (χ0v) is 17.6. The molecule has 1 aliphatic carbocycles. The van der Waals surface area contributed by atoms with Gasteiger partial charge in [0, 0.05) is 32.2 Å². The third-order valence-corrected chi connectivity index (χ3v) is 5.82. The molecule has 2 heterocycles. The molecule has 9 heteroatoms. The van der Waals surface area contributed by atoms with Crippen LogP contribution in [0.3, 0.4) is 0 Å². The largest absolute Gasteiger partial charge is 0.460 e. The van der Waals surface area contributed by atoms with Gasteiger partial charge in [0.1, 0.15) is 6.10 Å². The van der Waals surface area contributed by atoms with E-state index in [1.165, 1.54) is 19.3 Å². The van der Waals surface area contributed by atoms with Crippen molar-refractivity contribution in [2.45, 2.75) is 63.3 Å². The molecule has 7 nitrogen and oxygen atoms in total. The van der Waals surface area contributed by atoms with Gasteiger partial charge in [-0.2, -0.15) is 0 Å². The van der Waals surface area contributed by atoms with Crippen molar-refractivity contribution in [3.05, 3.63) is 0 Å². The molecule has 3 aliphatic rings. The number of nitrogens with zero attached hydrogens (tertiary/aromatic N) is 2. The van der Waals surface area contributed by atoms with Crippen LogP contribution >= 0.6 is 24.8 Å². The Morgan fingerprint density at radius 1 is 1.00 bits per heavy atom. The summed E-state index contributed by atoms with van der Waals surface area (Å²) in [5.74, 6) is -0.297. The van der Waals surface area contributed by atoms with E-state index in [0.717, 1.165) is 65.0 Å². The Morgan fingerprint density at radius 2 is 1.63 bits per heavy atom. The lowest BCUT2D eigenvalue weighted by Gasteiger charge is -2.42. The van der Waals surface area contributed by atoms with Gasteiger partial charge in [-0.25, -0.2) is 4.79 Å². The Kier molecular flexibility index (Phi) is 11.6. The fourth-order valence-corrected chi connectivity index (χ4v) is 4.33. The normalized spacial score (nSPS) is 24.1. The summed E-state index contributed by atoms with van der Waals surface area (Å²) in [6, 6.07) is 0.648. The van der Waals surface area contributed by atoms with Crippen LogP contribution in [0.2, 0.25) is 0 Å². The first-order chi connectivity index (χ1) is 12.3. The van der Waals surface area contributed by atoms with Gasteiger partial charge in [-0.05, 0) is 51.6 Å². The fraction of sp³-hybridized carbons (Fsp3) is 0.889. The van der Waals surface area contributed by atoms with Gasteiger partial charge in [-0.3, -0.25) is 14.6 Å². The van der Waals surface area contributed by atoms with Crippen molar-refractivity contribution in [2.75, 3.05) is 39.3 Å².